The predicted octanol–water partition coefficient (Wildman–Crippen LogP) is 4.19. The van der Waals surface area contributed by atoms with Crippen LogP contribution in [0.4, 0.5) is 0 Å². The maximum Gasteiger partial charge on any atom is 0.254 e. The Bertz CT molecular complexity index is 1040. The average Bonchev–Trinajstić information content (AvgIpc) is 3.14. The van der Waals surface area contributed by atoms with Gasteiger partial charge in [-0.3, -0.25) is 9.59 Å². The second-order valence-corrected chi connectivity index (χ2v) is 7.62. The molecule has 156 valence electrons. The van der Waals surface area contributed by atoms with Gasteiger partial charge in [-0.1, -0.05) is 48.5 Å². The van der Waals surface area contributed by atoms with E-state index in [1.807, 2.05) is 38.4 Å². The van der Waals surface area contributed by atoms with Crippen molar-refractivity contribution in [3.8, 4) is 0 Å². The molecule has 0 bridgehead atoms. The van der Waals surface area contributed by atoms with Crippen LogP contribution in [0, 0.1) is 0 Å². The van der Waals surface area contributed by atoms with E-state index < -0.39 is 0 Å². The van der Waals surface area contributed by atoms with Crippen molar-refractivity contribution in [3.63, 3.8) is 0 Å². The van der Waals surface area contributed by atoms with Crippen LogP contribution in [0.2, 0.25) is 0 Å². The van der Waals surface area contributed by atoms with Crippen molar-refractivity contribution < 1.29 is 14.0 Å². The molecule has 0 fully saturated rings. The monoisotopic (exact) mass is 424 g/mol. The van der Waals surface area contributed by atoms with E-state index in [1.54, 1.807) is 41.3 Å². The third-order valence-electron chi connectivity index (χ3n) is 5.12. The van der Waals surface area contributed by atoms with Gasteiger partial charge >= 0.3 is 0 Å². The molecule has 30 heavy (non-hydrogen) atoms. The number of rotatable bonds is 5. The summed E-state index contributed by atoms with van der Waals surface area (Å²) >= 11 is 0. The van der Waals surface area contributed by atoms with Gasteiger partial charge in [0.15, 0.2) is 5.78 Å². The molecule has 0 unspecified atom stereocenters. The Morgan fingerprint density at radius 2 is 1.67 bits per heavy atom. The van der Waals surface area contributed by atoms with Crippen molar-refractivity contribution in [2.45, 2.75) is 19.5 Å². The van der Waals surface area contributed by atoms with Gasteiger partial charge in [-0.2, -0.15) is 0 Å². The maximum atomic E-state index is 13.3. The highest BCUT2D eigenvalue weighted by molar-refractivity contribution is 6.15. The minimum Gasteiger partial charge on any atom is -0.464 e. The summed E-state index contributed by atoms with van der Waals surface area (Å²) in [6.07, 6.45) is 0.684. The highest BCUT2D eigenvalue weighted by Gasteiger charge is 2.27. The molecule has 2 aromatic carbocycles. The molecule has 1 aliphatic heterocycles. The molecule has 0 atom stereocenters. The van der Waals surface area contributed by atoms with Crippen LogP contribution in [0.1, 0.15) is 43.4 Å². The van der Waals surface area contributed by atoms with Gasteiger partial charge in [0, 0.05) is 36.2 Å². The number of hydrogen-bond acceptors (Lipinski definition) is 4. The fraction of sp³-hybridized carbons (Fsp3) is 0.250. The molecule has 0 aliphatic carbocycles. The number of benzene rings is 2. The number of nitrogens with zero attached hydrogens (tertiary/aromatic N) is 2. The van der Waals surface area contributed by atoms with Gasteiger partial charge in [-0.05, 0) is 26.2 Å². The van der Waals surface area contributed by atoms with E-state index in [2.05, 4.69) is 4.90 Å². The van der Waals surface area contributed by atoms with Gasteiger partial charge in [0.05, 0.1) is 12.1 Å². The van der Waals surface area contributed by atoms with Crippen LogP contribution in [-0.4, -0.2) is 42.1 Å². The topological polar surface area (TPSA) is 53.8 Å². The normalized spacial score (nSPS) is 13.0. The zero-order chi connectivity index (χ0) is 20.4. The molecule has 2 heterocycles. The van der Waals surface area contributed by atoms with E-state index in [1.165, 1.54) is 0 Å². The Labute approximate surface area is 182 Å². The Kier molecular flexibility index (Phi) is 6.75. The van der Waals surface area contributed by atoms with Crippen LogP contribution in [0.5, 0.6) is 0 Å². The van der Waals surface area contributed by atoms with E-state index in [-0.39, 0.29) is 24.1 Å². The van der Waals surface area contributed by atoms with E-state index >= 15 is 0 Å². The first-order chi connectivity index (χ1) is 14.0. The third-order valence-corrected chi connectivity index (χ3v) is 5.12. The smallest absolute Gasteiger partial charge is 0.254 e. The molecule has 0 saturated heterocycles. The first-order valence-corrected chi connectivity index (χ1v) is 9.76. The van der Waals surface area contributed by atoms with Gasteiger partial charge in [0.1, 0.15) is 11.5 Å². The SMILES string of the molecule is CN(C)Cc1cc2c(o1)CCN(C(=O)c1ccccc1C(=O)c1ccccc1)C2.Cl. The standard InChI is InChI=1S/C24H24N2O3.ClH/c1-25(2)16-19-14-18-15-26(13-12-22(18)29-19)24(28)21-11-7-6-10-20(21)23(27)17-8-4-3-5-9-17;/h3-11,14H,12-13,15-16H2,1-2H3;1H. The Hall–Kier alpha value is -2.89. The molecular formula is C24H25ClN2O3. The van der Waals surface area contributed by atoms with E-state index in [4.69, 9.17) is 4.42 Å². The van der Waals surface area contributed by atoms with Crippen molar-refractivity contribution in [1.29, 1.82) is 0 Å². The van der Waals surface area contributed by atoms with Gasteiger partial charge in [0.25, 0.3) is 5.91 Å². The molecule has 1 aromatic heterocycles. The lowest BCUT2D eigenvalue weighted by molar-refractivity contribution is 0.0725. The number of carbonyl (C=O) groups excluding carboxylic acids is 2. The van der Waals surface area contributed by atoms with Crippen molar-refractivity contribution >= 4 is 24.1 Å². The summed E-state index contributed by atoms with van der Waals surface area (Å²) in [7, 11) is 4.00. The minimum absolute atomic E-state index is 0. The van der Waals surface area contributed by atoms with Crippen LogP contribution >= 0.6 is 12.4 Å². The van der Waals surface area contributed by atoms with E-state index in [9.17, 15) is 9.59 Å². The highest BCUT2D eigenvalue weighted by atomic mass is 35.5. The molecule has 1 amide bonds. The maximum absolute atomic E-state index is 13.3. The summed E-state index contributed by atoms with van der Waals surface area (Å²) in [4.78, 5) is 30.1. The number of ketones is 1. The lowest BCUT2D eigenvalue weighted by Gasteiger charge is -2.27. The zero-order valence-corrected chi connectivity index (χ0v) is 17.9. The number of fused-ring (bicyclic) bond motifs is 1. The molecule has 5 nitrogen and oxygen atoms in total. The summed E-state index contributed by atoms with van der Waals surface area (Å²) < 4.78 is 5.94. The molecule has 0 N–H and O–H groups in total. The molecule has 6 heteroatoms. The molecular weight excluding hydrogens is 400 g/mol. The number of carbonyl (C=O) groups is 2. The molecule has 0 saturated carbocycles. The third kappa shape index (κ3) is 4.48. The first kappa shape index (κ1) is 21.8. The summed E-state index contributed by atoms with van der Waals surface area (Å²) in [6.45, 7) is 1.81. The molecule has 1 aliphatic rings. The van der Waals surface area contributed by atoms with Crippen molar-refractivity contribution in [1.82, 2.24) is 9.80 Å². The predicted molar refractivity (Wildman–Crippen MR) is 118 cm³/mol. The fourth-order valence-corrected chi connectivity index (χ4v) is 3.74. The largest absolute Gasteiger partial charge is 0.464 e. The summed E-state index contributed by atoms with van der Waals surface area (Å²) in [6, 6.07) is 18.2. The van der Waals surface area contributed by atoms with Gasteiger partial charge in [-0.15, -0.1) is 12.4 Å². The van der Waals surface area contributed by atoms with Crippen LogP contribution in [0.3, 0.4) is 0 Å². The number of hydrogen-bond donors (Lipinski definition) is 0. The highest BCUT2D eigenvalue weighted by Crippen LogP contribution is 2.26. The van der Waals surface area contributed by atoms with E-state index in [0.717, 1.165) is 23.6 Å². The number of amides is 1. The van der Waals surface area contributed by atoms with Crippen molar-refractivity contribution in [3.05, 3.63) is 94.4 Å². The van der Waals surface area contributed by atoms with Crippen LogP contribution in [-0.2, 0) is 19.5 Å². The lowest BCUT2D eigenvalue weighted by Crippen LogP contribution is -2.36. The van der Waals surface area contributed by atoms with Gasteiger partial charge in [0.2, 0.25) is 0 Å². The van der Waals surface area contributed by atoms with Gasteiger partial charge in [-0.25, -0.2) is 0 Å². The van der Waals surface area contributed by atoms with Gasteiger partial charge < -0.3 is 14.2 Å². The van der Waals surface area contributed by atoms with Crippen molar-refractivity contribution in [2.75, 3.05) is 20.6 Å². The Balaban J connectivity index is 0.00000256. The molecule has 3 aromatic rings. The van der Waals surface area contributed by atoms with Crippen molar-refractivity contribution in [2.24, 2.45) is 0 Å². The number of furan rings is 1. The van der Waals surface area contributed by atoms with Crippen LogP contribution < -0.4 is 0 Å². The molecule has 0 radical (unpaired) electrons. The quantitative estimate of drug-likeness (QED) is 0.576. The summed E-state index contributed by atoms with van der Waals surface area (Å²) in [5, 5.41) is 0. The lowest BCUT2D eigenvalue weighted by atomic mass is 9.97. The fourth-order valence-electron chi connectivity index (χ4n) is 3.74. The van der Waals surface area contributed by atoms with E-state index in [0.29, 0.717) is 36.2 Å². The Morgan fingerprint density at radius 1 is 1.00 bits per heavy atom. The molecule has 0 spiro atoms. The second-order valence-electron chi connectivity index (χ2n) is 7.62. The summed E-state index contributed by atoms with van der Waals surface area (Å²) in [5.41, 5.74) is 2.52. The second kappa shape index (κ2) is 9.28. The number of halogens is 1. The van der Waals surface area contributed by atoms with Crippen LogP contribution in [0.25, 0.3) is 0 Å². The first-order valence-electron chi connectivity index (χ1n) is 9.76. The average molecular weight is 425 g/mol. The minimum atomic E-state index is -0.135. The summed E-state index contributed by atoms with van der Waals surface area (Å²) in [5.74, 6) is 1.61. The van der Waals surface area contributed by atoms with Crippen LogP contribution in [0.15, 0.2) is 65.1 Å². The molecule has 4 rings (SSSR count). The zero-order valence-electron chi connectivity index (χ0n) is 17.1. The Morgan fingerprint density at radius 3 is 2.37 bits per heavy atom.